The maximum absolute atomic E-state index is 11.7. The van der Waals surface area contributed by atoms with Crippen molar-refractivity contribution in [2.45, 2.75) is 18.5 Å². The van der Waals surface area contributed by atoms with Crippen molar-refractivity contribution in [2.24, 2.45) is 0 Å². The van der Waals surface area contributed by atoms with E-state index in [1.165, 1.54) is 0 Å². The zero-order valence-corrected chi connectivity index (χ0v) is 7.58. The average Bonchev–Trinajstić information content (AvgIpc) is 2.88. The summed E-state index contributed by atoms with van der Waals surface area (Å²) in [7, 11) is -3.01. The minimum atomic E-state index is -3.01. The lowest BCUT2D eigenvalue weighted by molar-refractivity contribution is 0.488. The Kier molecular flexibility index (Phi) is 1.82. The van der Waals surface area contributed by atoms with Gasteiger partial charge in [0, 0.05) is 11.0 Å². The first kappa shape index (κ1) is 8.03. The Morgan fingerprint density at radius 1 is 1.25 bits per heavy atom. The number of benzene rings is 1. The smallest absolute Gasteiger partial charge is 0.232 e. The molecule has 1 N–H and O–H groups in total. The average molecular weight is 182 g/mol. The molecule has 12 heavy (non-hydrogen) atoms. The molecule has 1 aromatic rings. The van der Waals surface area contributed by atoms with Gasteiger partial charge in [0.25, 0.3) is 0 Å². The Bertz CT molecular complexity index is 317. The summed E-state index contributed by atoms with van der Waals surface area (Å²) in [4.78, 5) is 9.68. The van der Waals surface area contributed by atoms with Crippen molar-refractivity contribution in [3.63, 3.8) is 0 Å². The first-order valence-electron chi connectivity index (χ1n) is 4.09. The Balaban J connectivity index is 2.35. The summed E-state index contributed by atoms with van der Waals surface area (Å²) in [5.74, 6) is 0. The number of hydrogen-bond acceptors (Lipinski definition) is 1. The molecule has 1 unspecified atom stereocenters. The van der Waals surface area contributed by atoms with Gasteiger partial charge in [-0.2, -0.15) is 0 Å². The minimum absolute atomic E-state index is 0.0416. The van der Waals surface area contributed by atoms with Gasteiger partial charge < -0.3 is 4.89 Å². The fourth-order valence-corrected chi connectivity index (χ4v) is 3.15. The third-order valence-electron chi connectivity index (χ3n) is 2.17. The SMILES string of the molecule is O=P(O)(c1ccccc1)C1CC1. The Morgan fingerprint density at radius 2 is 1.83 bits per heavy atom. The van der Waals surface area contributed by atoms with Gasteiger partial charge in [-0.15, -0.1) is 0 Å². The second-order valence-electron chi connectivity index (χ2n) is 3.19. The Hall–Kier alpha value is -0.590. The van der Waals surface area contributed by atoms with Crippen LogP contribution in [0, 0.1) is 0 Å². The molecule has 0 amide bonds. The van der Waals surface area contributed by atoms with Crippen LogP contribution in [0.15, 0.2) is 30.3 Å². The van der Waals surface area contributed by atoms with Crippen LogP contribution in [-0.2, 0) is 4.57 Å². The van der Waals surface area contributed by atoms with Crippen molar-refractivity contribution in [1.29, 1.82) is 0 Å². The standard InChI is InChI=1S/C9H11O2P/c10-12(11,9-6-7-9)8-4-2-1-3-5-8/h1-5,9H,6-7H2,(H,10,11). The molecule has 1 aliphatic rings. The summed E-state index contributed by atoms with van der Waals surface area (Å²) in [6.45, 7) is 0. The Labute approximate surface area is 71.7 Å². The van der Waals surface area contributed by atoms with E-state index in [-0.39, 0.29) is 5.66 Å². The lowest BCUT2D eigenvalue weighted by Gasteiger charge is -2.09. The summed E-state index contributed by atoms with van der Waals surface area (Å²) in [6.07, 6.45) is 1.81. The molecule has 1 aromatic carbocycles. The molecule has 0 radical (unpaired) electrons. The van der Waals surface area contributed by atoms with Crippen LogP contribution in [0.4, 0.5) is 0 Å². The molecule has 2 rings (SSSR count). The third kappa shape index (κ3) is 1.33. The van der Waals surface area contributed by atoms with Crippen molar-refractivity contribution in [3.05, 3.63) is 30.3 Å². The van der Waals surface area contributed by atoms with Crippen LogP contribution in [0.3, 0.4) is 0 Å². The van der Waals surface area contributed by atoms with Gasteiger partial charge >= 0.3 is 0 Å². The monoisotopic (exact) mass is 182 g/mol. The number of rotatable bonds is 2. The maximum Gasteiger partial charge on any atom is 0.232 e. The van der Waals surface area contributed by atoms with Crippen LogP contribution < -0.4 is 5.30 Å². The van der Waals surface area contributed by atoms with Gasteiger partial charge in [-0.1, -0.05) is 18.2 Å². The summed E-state index contributed by atoms with van der Waals surface area (Å²) in [5.41, 5.74) is 0.0416. The molecular weight excluding hydrogens is 171 g/mol. The van der Waals surface area contributed by atoms with Crippen molar-refractivity contribution in [3.8, 4) is 0 Å². The van der Waals surface area contributed by atoms with E-state index in [1.54, 1.807) is 24.3 Å². The molecule has 3 heteroatoms. The highest BCUT2D eigenvalue weighted by Crippen LogP contribution is 2.56. The van der Waals surface area contributed by atoms with Gasteiger partial charge in [0.1, 0.15) is 0 Å². The third-order valence-corrected chi connectivity index (χ3v) is 4.71. The molecule has 1 aliphatic carbocycles. The first-order valence-corrected chi connectivity index (χ1v) is 5.82. The molecule has 0 heterocycles. The lowest BCUT2D eigenvalue weighted by atomic mass is 10.4. The first-order chi connectivity index (χ1) is 5.71. The summed E-state index contributed by atoms with van der Waals surface area (Å²) in [5, 5.41) is 0.604. The van der Waals surface area contributed by atoms with E-state index in [0.29, 0.717) is 5.30 Å². The highest BCUT2D eigenvalue weighted by molar-refractivity contribution is 7.67. The number of hydrogen-bond donors (Lipinski definition) is 1. The fourth-order valence-electron chi connectivity index (χ4n) is 1.28. The van der Waals surface area contributed by atoms with Crippen molar-refractivity contribution < 1.29 is 9.46 Å². The zero-order chi connectivity index (χ0) is 8.60. The van der Waals surface area contributed by atoms with Crippen LogP contribution in [0.2, 0.25) is 0 Å². The van der Waals surface area contributed by atoms with E-state index < -0.39 is 7.37 Å². The second-order valence-corrected chi connectivity index (χ2v) is 5.68. The van der Waals surface area contributed by atoms with E-state index >= 15 is 0 Å². The van der Waals surface area contributed by atoms with Crippen molar-refractivity contribution in [2.75, 3.05) is 0 Å². The largest absolute Gasteiger partial charge is 0.341 e. The zero-order valence-electron chi connectivity index (χ0n) is 6.68. The molecule has 0 saturated heterocycles. The van der Waals surface area contributed by atoms with E-state index in [2.05, 4.69) is 0 Å². The fraction of sp³-hybridized carbons (Fsp3) is 0.333. The Morgan fingerprint density at radius 3 is 2.33 bits per heavy atom. The van der Waals surface area contributed by atoms with Gasteiger partial charge in [0.15, 0.2) is 0 Å². The maximum atomic E-state index is 11.7. The van der Waals surface area contributed by atoms with Crippen LogP contribution in [0.1, 0.15) is 12.8 Å². The molecule has 1 atom stereocenters. The van der Waals surface area contributed by atoms with Gasteiger partial charge in [-0.05, 0) is 25.0 Å². The molecule has 1 saturated carbocycles. The summed E-state index contributed by atoms with van der Waals surface area (Å²) in [6, 6.07) is 8.94. The molecule has 0 aliphatic heterocycles. The van der Waals surface area contributed by atoms with Crippen LogP contribution in [0.25, 0.3) is 0 Å². The van der Waals surface area contributed by atoms with Crippen molar-refractivity contribution in [1.82, 2.24) is 0 Å². The molecule has 64 valence electrons. The minimum Gasteiger partial charge on any atom is -0.341 e. The van der Waals surface area contributed by atoms with Gasteiger partial charge in [-0.25, -0.2) is 0 Å². The van der Waals surface area contributed by atoms with E-state index in [4.69, 9.17) is 0 Å². The highest BCUT2D eigenvalue weighted by Gasteiger charge is 2.40. The van der Waals surface area contributed by atoms with Crippen LogP contribution >= 0.6 is 7.37 Å². The topological polar surface area (TPSA) is 37.3 Å². The lowest BCUT2D eigenvalue weighted by Crippen LogP contribution is -2.06. The molecular formula is C9H11O2P. The van der Waals surface area contributed by atoms with Crippen LogP contribution in [0.5, 0.6) is 0 Å². The predicted molar refractivity (Wildman–Crippen MR) is 48.9 cm³/mol. The molecule has 0 bridgehead atoms. The highest BCUT2D eigenvalue weighted by atomic mass is 31.2. The van der Waals surface area contributed by atoms with Crippen LogP contribution in [-0.4, -0.2) is 10.6 Å². The molecule has 0 spiro atoms. The summed E-state index contributed by atoms with van der Waals surface area (Å²) < 4.78 is 11.7. The van der Waals surface area contributed by atoms with Gasteiger partial charge in [-0.3, -0.25) is 4.57 Å². The second kappa shape index (κ2) is 2.72. The normalized spacial score (nSPS) is 21.8. The van der Waals surface area contributed by atoms with Gasteiger partial charge in [0.05, 0.1) is 0 Å². The molecule has 0 aromatic heterocycles. The molecule has 2 nitrogen and oxygen atoms in total. The summed E-state index contributed by atoms with van der Waals surface area (Å²) >= 11 is 0. The molecule has 1 fully saturated rings. The van der Waals surface area contributed by atoms with Crippen molar-refractivity contribution >= 4 is 12.7 Å². The predicted octanol–water partition coefficient (Wildman–Crippen LogP) is 1.74. The van der Waals surface area contributed by atoms with Gasteiger partial charge in [0.2, 0.25) is 7.37 Å². The quantitative estimate of drug-likeness (QED) is 0.707. The van der Waals surface area contributed by atoms with E-state index in [9.17, 15) is 9.46 Å². The van der Waals surface area contributed by atoms with E-state index in [1.807, 2.05) is 6.07 Å². The van der Waals surface area contributed by atoms with E-state index in [0.717, 1.165) is 12.8 Å².